The number of esters is 1. The fourth-order valence-corrected chi connectivity index (χ4v) is 7.05. The van der Waals surface area contributed by atoms with Gasteiger partial charge >= 0.3 is 13.8 Å². The zero-order valence-corrected chi connectivity index (χ0v) is 35.8. The number of hydrogen-bond acceptors (Lipinski definition) is 8. The SMILES string of the molecule is CCCCCCCC/C=C\CCCCCCCC(=O)O[C@H](CO/C=C\CCCCCCCCCCCCCCCCCC)COP(=O)(O)OC[C@@H](O)CO. The van der Waals surface area contributed by atoms with Crippen molar-refractivity contribution in [3.05, 3.63) is 24.5 Å². The predicted molar refractivity (Wildman–Crippen MR) is 223 cm³/mol. The highest BCUT2D eigenvalue weighted by Crippen LogP contribution is 2.43. The van der Waals surface area contributed by atoms with Crippen LogP contribution in [0.3, 0.4) is 0 Å². The monoisotopic (exact) mass is 789 g/mol. The van der Waals surface area contributed by atoms with E-state index in [0.717, 1.165) is 44.9 Å². The number of carbonyl (C=O) groups excluding carboxylic acids is 1. The second-order valence-electron chi connectivity index (χ2n) is 15.1. The Bertz CT molecular complexity index is 897. The number of unbranched alkanes of at least 4 members (excludes halogenated alkanes) is 27. The molecule has 0 aromatic rings. The van der Waals surface area contributed by atoms with Crippen molar-refractivity contribution in [1.82, 2.24) is 0 Å². The minimum atomic E-state index is -4.53. The Kier molecular flexibility index (Phi) is 40.5. The van der Waals surface area contributed by atoms with E-state index in [1.165, 1.54) is 141 Å². The maximum atomic E-state index is 12.6. The van der Waals surface area contributed by atoms with E-state index in [-0.39, 0.29) is 13.0 Å². The summed E-state index contributed by atoms with van der Waals surface area (Å²) in [6.45, 7) is 2.89. The maximum absolute atomic E-state index is 12.6. The van der Waals surface area contributed by atoms with E-state index >= 15 is 0 Å². The summed E-state index contributed by atoms with van der Waals surface area (Å²) in [5.41, 5.74) is 0. The van der Waals surface area contributed by atoms with E-state index in [4.69, 9.17) is 23.6 Å². The minimum Gasteiger partial charge on any atom is -0.498 e. The number of allylic oxidation sites excluding steroid dienone is 3. The van der Waals surface area contributed by atoms with Gasteiger partial charge in [-0.15, -0.1) is 0 Å². The van der Waals surface area contributed by atoms with Crippen molar-refractivity contribution in [2.24, 2.45) is 0 Å². The first-order valence-electron chi connectivity index (χ1n) is 22.4. The number of ether oxygens (including phenoxy) is 2. The fourth-order valence-electron chi connectivity index (χ4n) is 6.26. The quantitative estimate of drug-likeness (QED) is 0.0182. The first-order valence-corrected chi connectivity index (χ1v) is 23.9. The van der Waals surface area contributed by atoms with Crippen LogP contribution in [-0.2, 0) is 27.9 Å². The summed E-state index contributed by atoms with van der Waals surface area (Å²) in [4.78, 5) is 22.5. The summed E-state index contributed by atoms with van der Waals surface area (Å²) in [5.74, 6) is -0.411. The van der Waals surface area contributed by atoms with Gasteiger partial charge in [0.1, 0.15) is 12.7 Å². The molecular weight excluding hydrogens is 703 g/mol. The van der Waals surface area contributed by atoms with Gasteiger partial charge in [-0.2, -0.15) is 0 Å². The fraction of sp³-hybridized carbons (Fsp3) is 0.886. The molecular formula is C44H85O9P. The molecule has 1 unspecified atom stereocenters. The van der Waals surface area contributed by atoms with Gasteiger partial charge in [-0.3, -0.25) is 13.8 Å². The van der Waals surface area contributed by atoms with Gasteiger partial charge in [-0.25, -0.2) is 4.57 Å². The number of rotatable bonds is 43. The van der Waals surface area contributed by atoms with Crippen LogP contribution >= 0.6 is 7.82 Å². The minimum absolute atomic E-state index is 0.0349. The molecule has 0 bridgehead atoms. The molecule has 0 heterocycles. The molecule has 0 aliphatic carbocycles. The average Bonchev–Trinajstić information content (AvgIpc) is 3.16. The third-order valence-corrected chi connectivity index (χ3v) is 10.7. The highest BCUT2D eigenvalue weighted by atomic mass is 31.2. The highest BCUT2D eigenvalue weighted by molar-refractivity contribution is 7.47. The predicted octanol–water partition coefficient (Wildman–Crippen LogP) is 12.6. The summed E-state index contributed by atoms with van der Waals surface area (Å²) in [6.07, 6.45) is 43.7. The van der Waals surface area contributed by atoms with Gasteiger partial charge in [0.25, 0.3) is 0 Å². The van der Waals surface area contributed by atoms with E-state index in [1.54, 1.807) is 6.26 Å². The molecule has 0 rings (SSSR count). The van der Waals surface area contributed by atoms with Crippen LogP contribution in [0, 0.1) is 0 Å². The lowest BCUT2D eigenvalue weighted by atomic mass is 10.0. The van der Waals surface area contributed by atoms with E-state index in [1.807, 2.05) is 6.08 Å². The van der Waals surface area contributed by atoms with Gasteiger partial charge < -0.3 is 24.6 Å². The highest BCUT2D eigenvalue weighted by Gasteiger charge is 2.26. The van der Waals surface area contributed by atoms with E-state index in [0.29, 0.717) is 6.42 Å². The first-order chi connectivity index (χ1) is 26.3. The average molecular weight is 789 g/mol. The zero-order valence-electron chi connectivity index (χ0n) is 35.0. The van der Waals surface area contributed by atoms with Crippen LogP contribution in [-0.4, -0.2) is 59.7 Å². The Balaban J connectivity index is 4.19. The summed E-state index contributed by atoms with van der Waals surface area (Å²) in [5, 5.41) is 18.3. The lowest BCUT2D eigenvalue weighted by Gasteiger charge is -2.20. The van der Waals surface area contributed by atoms with Crippen molar-refractivity contribution in [2.45, 2.75) is 225 Å². The van der Waals surface area contributed by atoms with Gasteiger partial charge in [0.15, 0.2) is 6.10 Å². The van der Waals surface area contributed by atoms with Gasteiger partial charge in [0, 0.05) is 6.42 Å². The summed E-state index contributed by atoms with van der Waals surface area (Å²) in [7, 11) is -4.53. The normalized spacial score (nSPS) is 14.2. The maximum Gasteiger partial charge on any atom is 0.472 e. The van der Waals surface area contributed by atoms with E-state index < -0.39 is 45.8 Å². The summed E-state index contributed by atoms with van der Waals surface area (Å²) >= 11 is 0. The van der Waals surface area contributed by atoms with Crippen LogP contribution in [0.2, 0.25) is 0 Å². The van der Waals surface area contributed by atoms with Crippen LogP contribution in [0.25, 0.3) is 0 Å². The van der Waals surface area contributed by atoms with Crippen LogP contribution in [0.5, 0.6) is 0 Å². The number of aliphatic hydroxyl groups excluding tert-OH is 2. The Morgan fingerprint density at radius 2 is 0.944 bits per heavy atom. The van der Waals surface area contributed by atoms with Crippen molar-refractivity contribution in [2.75, 3.05) is 26.4 Å². The van der Waals surface area contributed by atoms with Crippen molar-refractivity contribution < 1.29 is 43.0 Å². The van der Waals surface area contributed by atoms with E-state index in [2.05, 4.69) is 26.0 Å². The molecule has 320 valence electrons. The molecule has 9 nitrogen and oxygen atoms in total. The van der Waals surface area contributed by atoms with Gasteiger partial charge in [-0.05, 0) is 51.0 Å². The summed E-state index contributed by atoms with van der Waals surface area (Å²) in [6, 6.07) is 0. The molecule has 0 aliphatic heterocycles. The first kappa shape index (κ1) is 52.8. The van der Waals surface area contributed by atoms with Crippen molar-refractivity contribution in [1.29, 1.82) is 0 Å². The molecule has 3 N–H and O–H groups in total. The molecule has 0 aromatic heterocycles. The van der Waals surface area contributed by atoms with Crippen molar-refractivity contribution in [3.63, 3.8) is 0 Å². The molecule has 0 fully saturated rings. The number of phosphoric acid groups is 1. The lowest BCUT2D eigenvalue weighted by Crippen LogP contribution is -2.28. The van der Waals surface area contributed by atoms with Crippen LogP contribution in [0.1, 0.15) is 213 Å². The Morgan fingerprint density at radius 3 is 1.39 bits per heavy atom. The second kappa shape index (κ2) is 41.4. The number of phosphoric ester groups is 1. The molecule has 0 aromatic carbocycles. The smallest absolute Gasteiger partial charge is 0.472 e. The Hall–Kier alpha value is -1.22. The standard InChI is InChI=1S/C44H85O9P/c1-3-5-7-9-11-13-15-17-19-20-21-23-25-27-29-31-33-35-37-50-40-43(41-52-54(48,49)51-39-42(46)38-45)53-44(47)36-34-32-30-28-26-24-22-18-16-14-12-10-8-6-4-2/h18,22,35,37,42-43,45-46H,3-17,19-21,23-34,36,38-41H2,1-2H3,(H,48,49)/b22-18-,37-35-/t42-,43+/m0/s1. The Labute approximate surface area is 332 Å². The Morgan fingerprint density at radius 1 is 0.556 bits per heavy atom. The summed E-state index contributed by atoms with van der Waals surface area (Å²) < 4.78 is 33.1. The molecule has 54 heavy (non-hydrogen) atoms. The molecule has 0 radical (unpaired) electrons. The molecule has 0 saturated carbocycles. The molecule has 10 heteroatoms. The number of aliphatic hydroxyl groups is 2. The lowest BCUT2D eigenvalue weighted by molar-refractivity contribution is -0.153. The van der Waals surface area contributed by atoms with Crippen LogP contribution in [0.15, 0.2) is 24.5 Å². The third-order valence-electron chi connectivity index (χ3n) is 9.70. The topological polar surface area (TPSA) is 132 Å². The van der Waals surface area contributed by atoms with Crippen molar-refractivity contribution >= 4 is 13.8 Å². The number of carbonyl (C=O) groups is 1. The second-order valence-corrected chi connectivity index (χ2v) is 16.6. The van der Waals surface area contributed by atoms with Gasteiger partial charge in [0.05, 0.1) is 26.1 Å². The largest absolute Gasteiger partial charge is 0.498 e. The number of hydrogen-bond donors (Lipinski definition) is 3. The molecule has 0 saturated heterocycles. The van der Waals surface area contributed by atoms with Gasteiger partial charge in [-0.1, -0.05) is 174 Å². The van der Waals surface area contributed by atoms with Crippen LogP contribution < -0.4 is 0 Å². The molecule has 3 atom stereocenters. The van der Waals surface area contributed by atoms with Crippen LogP contribution in [0.4, 0.5) is 0 Å². The molecule has 0 spiro atoms. The zero-order chi connectivity index (χ0) is 39.6. The molecule has 0 aliphatic rings. The van der Waals surface area contributed by atoms with Gasteiger partial charge in [0.2, 0.25) is 0 Å². The van der Waals surface area contributed by atoms with E-state index in [9.17, 15) is 19.4 Å². The van der Waals surface area contributed by atoms with Crippen molar-refractivity contribution in [3.8, 4) is 0 Å². The molecule has 0 amide bonds. The third kappa shape index (κ3) is 40.4.